The molecule has 6 rings (SSSR count). The highest BCUT2D eigenvalue weighted by atomic mass is 35.5. The van der Waals surface area contributed by atoms with E-state index in [-0.39, 0.29) is 38.6 Å². The van der Waals surface area contributed by atoms with Gasteiger partial charge < -0.3 is 25.4 Å². The van der Waals surface area contributed by atoms with E-state index in [0.29, 0.717) is 22.9 Å². The van der Waals surface area contributed by atoms with Gasteiger partial charge in [0.05, 0.1) is 53.4 Å². The Balaban J connectivity index is 1.23. The quantitative estimate of drug-likeness (QED) is 0.134. The van der Waals surface area contributed by atoms with Crippen molar-refractivity contribution >= 4 is 57.9 Å². The molecule has 5 aromatic rings. The normalized spacial score (nSPS) is 13.5. The lowest BCUT2D eigenvalue weighted by Gasteiger charge is -2.26. The summed E-state index contributed by atoms with van der Waals surface area (Å²) in [5, 5.41) is 8.55. The number of hydrogen-bond acceptors (Lipinski definition) is 11. The summed E-state index contributed by atoms with van der Waals surface area (Å²) in [5.74, 6) is 0.513. The first kappa shape index (κ1) is 34.8. The van der Waals surface area contributed by atoms with Gasteiger partial charge in [-0.05, 0) is 35.9 Å². The van der Waals surface area contributed by atoms with Crippen LogP contribution in [0.4, 0.5) is 42.0 Å². The second-order valence-corrected chi connectivity index (χ2v) is 11.7. The third-order valence-electron chi connectivity index (χ3n) is 7.57. The van der Waals surface area contributed by atoms with Crippen LogP contribution >= 0.6 is 23.2 Å². The van der Waals surface area contributed by atoms with Gasteiger partial charge in [-0.3, -0.25) is 9.69 Å². The number of nitrogens with one attached hydrogen (secondary N) is 3. The molecular formula is C33H28Cl2F3N9O3. The van der Waals surface area contributed by atoms with Crippen molar-refractivity contribution in [1.82, 2.24) is 29.8 Å². The van der Waals surface area contributed by atoms with Crippen LogP contribution < -0.4 is 20.7 Å². The number of aromatic nitrogens is 5. The highest BCUT2D eigenvalue weighted by Crippen LogP contribution is 2.43. The highest BCUT2D eigenvalue weighted by molar-refractivity contribution is 6.42. The lowest BCUT2D eigenvalue weighted by atomic mass is 10.1. The Morgan fingerprint density at radius 1 is 0.940 bits per heavy atom. The molecule has 12 nitrogen and oxygen atoms in total. The summed E-state index contributed by atoms with van der Waals surface area (Å²) >= 11 is 13.3. The number of ether oxygens (including phenoxy) is 2. The first-order valence-electron chi connectivity index (χ1n) is 15.0. The van der Waals surface area contributed by atoms with Crippen molar-refractivity contribution in [1.29, 1.82) is 0 Å². The molecule has 0 bridgehead atoms. The summed E-state index contributed by atoms with van der Waals surface area (Å²) in [6.07, 6.45) is 1.38. The molecule has 1 fully saturated rings. The number of alkyl halides is 3. The van der Waals surface area contributed by atoms with Crippen LogP contribution in [0.25, 0.3) is 11.3 Å². The van der Waals surface area contributed by atoms with Crippen LogP contribution in [-0.2, 0) is 17.5 Å². The van der Waals surface area contributed by atoms with Crippen LogP contribution in [0.5, 0.6) is 5.75 Å². The van der Waals surface area contributed by atoms with Crippen LogP contribution in [0, 0.1) is 0 Å². The molecule has 0 saturated carbocycles. The van der Waals surface area contributed by atoms with Crippen molar-refractivity contribution in [3.05, 3.63) is 100 Å². The zero-order chi connectivity index (χ0) is 35.3. The topological polar surface area (TPSA) is 139 Å². The van der Waals surface area contributed by atoms with E-state index in [9.17, 15) is 18.0 Å². The van der Waals surface area contributed by atoms with Crippen LogP contribution in [0.2, 0.25) is 10.0 Å². The first-order chi connectivity index (χ1) is 24.1. The van der Waals surface area contributed by atoms with E-state index in [1.807, 2.05) is 18.3 Å². The number of methoxy groups -OCH3 is 1. The van der Waals surface area contributed by atoms with Crippen molar-refractivity contribution in [2.45, 2.75) is 12.7 Å². The Kier molecular flexibility index (Phi) is 10.6. The van der Waals surface area contributed by atoms with Crippen molar-refractivity contribution in [2.75, 3.05) is 49.4 Å². The van der Waals surface area contributed by atoms with E-state index in [0.717, 1.165) is 50.5 Å². The van der Waals surface area contributed by atoms with Crippen molar-refractivity contribution in [2.24, 2.45) is 0 Å². The Morgan fingerprint density at radius 3 is 2.50 bits per heavy atom. The molecule has 3 aromatic heterocycles. The number of benzene rings is 2. The summed E-state index contributed by atoms with van der Waals surface area (Å²) < 4.78 is 50.5. The van der Waals surface area contributed by atoms with Gasteiger partial charge in [-0.1, -0.05) is 35.3 Å². The van der Waals surface area contributed by atoms with Gasteiger partial charge in [0.2, 0.25) is 0 Å². The maximum absolute atomic E-state index is 13.3. The average molecular weight is 727 g/mol. The molecule has 0 spiro atoms. The molecule has 0 radical (unpaired) electrons. The van der Waals surface area contributed by atoms with Gasteiger partial charge in [-0.25, -0.2) is 24.9 Å². The molecule has 4 heterocycles. The molecule has 50 heavy (non-hydrogen) atoms. The molecule has 0 atom stereocenters. The number of rotatable bonds is 10. The Morgan fingerprint density at radius 2 is 1.76 bits per heavy atom. The monoisotopic (exact) mass is 725 g/mol. The predicted octanol–water partition coefficient (Wildman–Crippen LogP) is 7.23. The maximum Gasteiger partial charge on any atom is 0.416 e. The number of carbonyl (C=O) groups is 1. The van der Waals surface area contributed by atoms with Gasteiger partial charge >= 0.3 is 6.18 Å². The zero-order valence-corrected chi connectivity index (χ0v) is 27.8. The fourth-order valence-electron chi connectivity index (χ4n) is 5.06. The number of morpholine rings is 1. The minimum absolute atomic E-state index is 0.0193. The predicted molar refractivity (Wildman–Crippen MR) is 182 cm³/mol. The lowest BCUT2D eigenvalue weighted by Crippen LogP contribution is -2.35. The summed E-state index contributed by atoms with van der Waals surface area (Å²) in [6, 6.07) is 11.0. The molecule has 3 N–H and O–H groups in total. The fourth-order valence-corrected chi connectivity index (χ4v) is 5.66. The molecule has 1 amide bonds. The highest BCUT2D eigenvalue weighted by Gasteiger charge is 2.31. The number of pyridine rings is 1. The number of anilines is 5. The van der Waals surface area contributed by atoms with E-state index in [4.69, 9.17) is 32.7 Å². The van der Waals surface area contributed by atoms with Gasteiger partial charge in [0, 0.05) is 43.8 Å². The molecular weight excluding hydrogens is 698 g/mol. The van der Waals surface area contributed by atoms with Gasteiger partial charge in [0.1, 0.15) is 40.9 Å². The van der Waals surface area contributed by atoms with Gasteiger partial charge in [0.25, 0.3) is 5.91 Å². The van der Waals surface area contributed by atoms with Crippen LogP contribution in [-0.4, -0.2) is 69.1 Å². The van der Waals surface area contributed by atoms with Crippen LogP contribution in [0.15, 0.2) is 73.6 Å². The van der Waals surface area contributed by atoms with E-state index in [1.165, 1.54) is 44.2 Å². The fraction of sp³-hybridized carbons (Fsp3) is 0.212. The van der Waals surface area contributed by atoms with Crippen LogP contribution in [0.3, 0.4) is 0 Å². The Hall–Kier alpha value is -5.09. The van der Waals surface area contributed by atoms with Gasteiger partial charge in [0.15, 0.2) is 0 Å². The van der Waals surface area contributed by atoms with Gasteiger partial charge in [-0.2, -0.15) is 13.2 Å². The second kappa shape index (κ2) is 15.2. The molecule has 258 valence electrons. The molecule has 1 saturated heterocycles. The minimum atomic E-state index is -4.60. The standard InChI is InChI=1S/C33H28Cl2F3N9O3/c1-49-25-12-22(32(48)44-21-4-2-3-20(11-21)33(36,37)38)28(34)30(29(25)35)46-31-23(15-39-17-43-31)24-13-27(42-18-41-24)45-26-6-5-19(14-40-26)16-47-7-9-50-10-8-47/h2-6,11-15,17-18H,7-10,16H2,1H3,(H,44,48)(H,39,43,46)(H,40,41,42,45). The lowest BCUT2D eigenvalue weighted by molar-refractivity contribution is -0.137. The van der Waals surface area contributed by atoms with Gasteiger partial charge in [-0.15, -0.1) is 0 Å². The summed E-state index contributed by atoms with van der Waals surface area (Å²) in [7, 11) is 1.34. The van der Waals surface area contributed by atoms with Crippen LogP contribution in [0.1, 0.15) is 21.5 Å². The average Bonchev–Trinajstić information content (AvgIpc) is 3.11. The minimum Gasteiger partial charge on any atom is -0.495 e. The van der Waals surface area contributed by atoms with Crippen molar-refractivity contribution in [3.8, 4) is 17.0 Å². The second-order valence-electron chi connectivity index (χ2n) is 10.9. The number of nitrogens with zero attached hydrogens (tertiary/aromatic N) is 6. The van der Waals surface area contributed by atoms with Crippen molar-refractivity contribution in [3.63, 3.8) is 0 Å². The molecule has 0 unspecified atom stereocenters. The van der Waals surface area contributed by atoms with E-state index in [1.54, 1.807) is 6.07 Å². The third-order valence-corrected chi connectivity index (χ3v) is 8.34. The molecule has 17 heteroatoms. The van der Waals surface area contributed by atoms with E-state index < -0.39 is 17.6 Å². The SMILES string of the molecule is COc1cc(C(=O)Nc2cccc(C(F)(F)F)c2)c(Cl)c(Nc2ncncc2-c2cc(Nc3ccc(CN4CCOCC4)cn3)ncn2)c1Cl. The van der Waals surface area contributed by atoms with Crippen molar-refractivity contribution < 1.29 is 27.4 Å². The Labute approximate surface area is 294 Å². The molecule has 1 aliphatic heterocycles. The molecule has 1 aliphatic rings. The summed E-state index contributed by atoms with van der Waals surface area (Å²) in [5.41, 5.74) is 0.837. The smallest absolute Gasteiger partial charge is 0.416 e. The third kappa shape index (κ3) is 8.19. The number of carbonyl (C=O) groups excluding carboxylic acids is 1. The zero-order valence-electron chi connectivity index (χ0n) is 26.3. The largest absolute Gasteiger partial charge is 0.495 e. The molecule has 2 aromatic carbocycles. The first-order valence-corrected chi connectivity index (χ1v) is 15.8. The number of hydrogen-bond donors (Lipinski definition) is 3. The van der Waals surface area contributed by atoms with E-state index >= 15 is 0 Å². The molecule has 0 aliphatic carbocycles. The summed E-state index contributed by atoms with van der Waals surface area (Å²) in [4.78, 5) is 37.3. The van der Waals surface area contributed by atoms with E-state index in [2.05, 4.69) is 45.8 Å². The number of amides is 1. The maximum atomic E-state index is 13.3. The number of halogens is 5. The summed E-state index contributed by atoms with van der Waals surface area (Å²) in [6.45, 7) is 3.97. The Bertz CT molecular complexity index is 2000.